The van der Waals surface area contributed by atoms with Crippen LogP contribution in [-0.4, -0.2) is 15.7 Å². The number of halogens is 1. The van der Waals surface area contributed by atoms with Gasteiger partial charge in [-0.3, -0.25) is 0 Å². The Hall–Kier alpha value is -1.90. The fourth-order valence-electron chi connectivity index (χ4n) is 2.24. The number of pyridine rings is 1. The molecule has 1 aliphatic rings. The molecule has 0 bridgehead atoms. The average Bonchev–Trinajstić information content (AvgIpc) is 2.47. The molecule has 2 aromatic rings. The van der Waals surface area contributed by atoms with E-state index < -0.39 is 5.60 Å². The Morgan fingerprint density at radius 3 is 2.95 bits per heavy atom. The summed E-state index contributed by atoms with van der Waals surface area (Å²) in [5.74, 6) is 0. The first-order valence-corrected chi connectivity index (χ1v) is 6.84. The number of nitrogens with zero attached hydrogens (tertiary/aromatic N) is 1. The quantitative estimate of drug-likeness (QED) is 0.840. The molecule has 0 aliphatic heterocycles. The van der Waals surface area contributed by atoms with Crippen molar-refractivity contribution in [3.05, 3.63) is 71.6 Å². The van der Waals surface area contributed by atoms with E-state index in [9.17, 15) is 5.11 Å². The zero-order valence-electron chi connectivity index (χ0n) is 10.8. The van der Waals surface area contributed by atoms with Crippen LogP contribution in [0.15, 0.2) is 60.8 Å². The Labute approximate surface area is 122 Å². The molecular formula is C17H14ClNO. The summed E-state index contributed by atoms with van der Waals surface area (Å²) >= 11 is 6.10. The molecule has 0 spiro atoms. The molecule has 1 N–H and O–H groups in total. The SMILES string of the molecule is OC1(C=Cc2ccc3ccnc(Cl)c3c2)C=CC=CC1. The first kappa shape index (κ1) is 13.1. The first-order valence-electron chi connectivity index (χ1n) is 6.47. The lowest BCUT2D eigenvalue weighted by atomic mass is 9.94. The molecule has 1 unspecified atom stereocenters. The van der Waals surface area contributed by atoms with E-state index in [1.54, 1.807) is 18.3 Å². The molecule has 1 aromatic carbocycles. The van der Waals surface area contributed by atoms with Gasteiger partial charge in [-0.15, -0.1) is 0 Å². The van der Waals surface area contributed by atoms with E-state index in [4.69, 9.17) is 11.6 Å². The van der Waals surface area contributed by atoms with Gasteiger partial charge in [0.05, 0.1) is 0 Å². The van der Waals surface area contributed by atoms with Gasteiger partial charge in [-0.2, -0.15) is 0 Å². The van der Waals surface area contributed by atoms with Crippen molar-refractivity contribution in [2.75, 3.05) is 0 Å². The number of hydrogen-bond acceptors (Lipinski definition) is 2. The van der Waals surface area contributed by atoms with Crippen molar-refractivity contribution in [3.63, 3.8) is 0 Å². The van der Waals surface area contributed by atoms with E-state index in [1.807, 2.05) is 48.6 Å². The molecule has 1 aromatic heterocycles. The molecule has 100 valence electrons. The number of aliphatic hydroxyl groups is 1. The molecule has 2 nitrogen and oxygen atoms in total. The highest BCUT2D eigenvalue weighted by Gasteiger charge is 2.18. The summed E-state index contributed by atoms with van der Waals surface area (Å²) in [6, 6.07) is 7.91. The van der Waals surface area contributed by atoms with Crippen molar-refractivity contribution >= 4 is 28.4 Å². The second-order valence-electron chi connectivity index (χ2n) is 4.90. The Bertz CT molecular complexity index is 733. The third kappa shape index (κ3) is 2.67. The van der Waals surface area contributed by atoms with Crippen LogP contribution in [0.1, 0.15) is 12.0 Å². The maximum absolute atomic E-state index is 10.3. The lowest BCUT2D eigenvalue weighted by molar-refractivity contribution is 0.146. The van der Waals surface area contributed by atoms with Gasteiger partial charge in [-0.25, -0.2) is 4.98 Å². The minimum absolute atomic E-state index is 0.497. The van der Waals surface area contributed by atoms with Crippen molar-refractivity contribution < 1.29 is 5.11 Å². The zero-order valence-corrected chi connectivity index (χ0v) is 11.6. The lowest BCUT2D eigenvalue weighted by Gasteiger charge is -2.20. The van der Waals surface area contributed by atoms with Gasteiger partial charge in [0.2, 0.25) is 0 Å². The van der Waals surface area contributed by atoms with Crippen LogP contribution in [0.25, 0.3) is 16.8 Å². The molecular weight excluding hydrogens is 270 g/mol. The van der Waals surface area contributed by atoms with E-state index in [1.165, 1.54) is 0 Å². The van der Waals surface area contributed by atoms with Gasteiger partial charge in [0.1, 0.15) is 10.8 Å². The van der Waals surface area contributed by atoms with Crippen molar-refractivity contribution in [3.8, 4) is 0 Å². The van der Waals surface area contributed by atoms with Crippen LogP contribution in [-0.2, 0) is 0 Å². The molecule has 0 radical (unpaired) electrons. The fraction of sp³-hybridized carbons (Fsp3) is 0.118. The second-order valence-corrected chi connectivity index (χ2v) is 5.26. The van der Waals surface area contributed by atoms with Crippen LogP contribution < -0.4 is 0 Å². The van der Waals surface area contributed by atoms with Crippen molar-refractivity contribution in [2.24, 2.45) is 0 Å². The maximum atomic E-state index is 10.3. The number of fused-ring (bicyclic) bond motifs is 1. The molecule has 3 heteroatoms. The van der Waals surface area contributed by atoms with Crippen molar-refractivity contribution in [1.82, 2.24) is 4.98 Å². The molecule has 1 heterocycles. The standard InChI is InChI=1S/C17H14ClNO/c18-16-15-12-13(4-5-14(15)7-11-19-16)6-10-17(20)8-2-1-3-9-17/h1-8,10-12,20H,9H2. The van der Waals surface area contributed by atoms with Gasteiger partial charge >= 0.3 is 0 Å². The summed E-state index contributed by atoms with van der Waals surface area (Å²) in [7, 11) is 0. The molecule has 0 saturated heterocycles. The summed E-state index contributed by atoms with van der Waals surface area (Å²) in [4.78, 5) is 4.08. The van der Waals surface area contributed by atoms with Gasteiger partial charge in [0.25, 0.3) is 0 Å². The molecule has 1 atom stereocenters. The van der Waals surface area contributed by atoms with Crippen LogP contribution in [0, 0.1) is 0 Å². The average molecular weight is 284 g/mol. The third-order valence-corrected chi connectivity index (χ3v) is 3.68. The monoisotopic (exact) mass is 283 g/mol. The topological polar surface area (TPSA) is 33.1 Å². The molecule has 0 saturated carbocycles. The van der Waals surface area contributed by atoms with Gasteiger partial charge in [0.15, 0.2) is 0 Å². The lowest BCUT2D eigenvalue weighted by Crippen LogP contribution is -2.22. The smallest absolute Gasteiger partial charge is 0.136 e. The summed E-state index contributed by atoms with van der Waals surface area (Å²) in [5.41, 5.74) is 0.0893. The first-order chi connectivity index (χ1) is 9.66. The minimum atomic E-state index is -0.900. The molecule has 20 heavy (non-hydrogen) atoms. The number of benzene rings is 1. The predicted octanol–water partition coefficient (Wildman–Crippen LogP) is 4.15. The van der Waals surface area contributed by atoms with E-state index in [0.29, 0.717) is 11.6 Å². The van der Waals surface area contributed by atoms with Crippen LogP contribution in [0.4, 0.5) is 0 Å². The second kappa shape index (κ2) is 5.23. The van der Waals surface area contributed by atoms with Crippen molar-refractivity contribution in [2.45, 2.75) is 12.0 Å². The molecule has 1 aliphatic carbocycles. The Morgan fingerprint density at radius 2 is 2.15 bits per heavy atom. The van der Waals surface area contributed by atoms with Crippen LogP contribution in [0.2, 0.25) is 5.15 Å². The summed E-state index contributed by atoms with van der Waals surface area (Å²) in [6.45, 7) is 0. The summed E-state index contributed by atoms with van der Waals surface area (Å²) in [6.07, 6.45) is 13.5. The van der Waals surface area contributed by atoms with Gasteiger partial charge in [0, 0.05) is 18.0 Å². The van der Waals surface area contributed by atoms with Crippen molar-refractivity contribution in [1.29, 1.82) is 0 Å². The number of allylic oxidation sites excluding steroid dienone is 2. The molecule has 3 rings (SSSR count). The highest BCUT2D eigenvalue weighted by molar-refractivity contribution is 6.34. The maximum Gasteiger partial charge on any atom is 0.136 e. The van der Waals surface area contributed by atoms with E-state index in [-0.39, 0.29) is 0 Å². The number of hydrogen-bond donors (Lipinski definition) is 1. The normalized spacial score (nSPS) is 21.9. The fourth-order valence-corrected chi connectivity index (χ4v) is 2.46. The largest absolute Gasteiger partial charge is 0.381 e. The Kier molecular flexibility index (Phi) is 3.43. The summed E-state index contributed by atoms with van der Waals surface area (Å²) < 4.78 is 0. The Balaban J connectivity index is 1.93. The predicted molar refractivity (Wildman–Crippen MR) is 83.6 cm³/mol. The third-order valence-electron chi connectivity index (χ3n) is 3.38. The van der Waals surface area contributed by atoms with E-state index in [2.05, 4.69) is 4.98 Å². The van der Waals surface area contributed by atoms with E-state index >= 15 is 0 Å². The number of aromatic nitrogens is 1. The number of rotatable bonds is 2. The highest BCUT2D eigenvalue weighted by Crippen LogP contribution is 2.24. The minimum Gasteiger partial charge on any atom is -0.381 e. The highest BCUT2D eigenvalue weighted by atomic mass is 35.5. The zero-order chi connectivity index (χ0) is 14.0. The Morgan fingerprint density at radius 1 is 1.25 bits per heavy atom. The molecule has 0 fully saturated rings. The van der Waals surface area contributed by atoms with Gasteiger partial charge < -0.3 is 5.11 Å². The van der Waals surface area contributed by atoms with Gasteiger partial charge in [-0.1, -0.05) is 48.0 Å². The van der Waals surface area contributed by atoms with Crippen LogP contribution >= 0.6 is 11.6 Å². The van der Waals surface area contributed by atoms with E-state index in [0.717, 1.165) is 16.3 Å². The van der Waals surface area contributed by atoms with Crippen LogP contribution in [0.5, 0.6) is 0 Å². The van der Waals surface area contributed by atoms with Crippen LogP contribution in [0.3, 0.4) is 0 Å². The summed E-state index contributed by atoms with van der Waals surface area (Å²) in [5, 5.41) is 12.8. The molecule has 0 amide bonds. The van der Waals surface area contributed by atoms with Gasteiger partial charge in [-0.05, 0) is 35.2 Å².